The van der Waals surface area contributed by atoms with Crippen molar-refractivity contribution in [3.8, 4) is 11.5 Å². The van der Waals surface area contributed by atoms with Gasteiger partial charge in [-0.2, -0.15) is 0 Å². The van der Waals surface area contributed by atoms with E-state index in [4.69, 9.17) is 21.1 Å². The van der Waals surface area contributed by atoms with Crippen LogP contribution >= 0.6 is 11.6 Å². The lowest BCUT2D eigenvalue weighted by Gasteiger charge is -2.36. The first-order valence-electron chi connectivity index (χ1n) is 12.0. The Balaban J connectivity index is 1.23. The van der Waals surface area contributed by atoms with E-state index in [1.807, 2.05) is 30.3 Å². The minimum atomic E-state index is -0.323. The van der Waals surface area contributed by atoms with Crippen molar-refractivity contribution in [1.82, 2.24) is 9.97 Å². The van der Waals surface area contributed by atoms with Crippen molar-refractivity contribution in [3.05, 3.63) is 111 Å². The summed E-state index contributed by atoms with van der Waals surface area (Å²) in [5.74, 6) is 0.891. The third-order valence-corrected chi connectivity index (χ3v) is 6.88. The largest absolute Gasteiger partial charge is 0.456 e. The van der Waals surface area contributed by atoms with Crippen molar-refractivity contribution in [3.63, 3.8) is 0 Å². The van der Waals surface area contributed by atoms with Gasteiger partial charge in [0.1, 0.15) is 23.4 Å². The van der Waals surface area contributed by atoms with E-state index in [9.17, 15) is 4.79 Å². The van der Waals surface area contributed by atoms with Crippen LogP contribution in [0.15, 0.2) is 71.9 Å². The number of halogens is 2. The van der Waals surface area contributed by atoms with Gasteiger partial charge in [-0.15, -0.1) is 0 Å². The van der Waals surface area contributed by atoms with Gasteiger partial charge >= 0.3 is 0 Å². The van der Waals surface area contributed by atoms with Crippen molar-refractivity contribution in [2.45, 2.75) is 19.1 Å². The van der Waals surface area contributed by atoms with Crippen LogP contribution in [-0.4, -0.2) is 29.7 Å². The zero-order valence-corrected chi connectivity index (χ0v) is 20.6. The Morgan fingerprint density at radius 3 is 2.95 bits per heavy atom. The van der Waals surface area contributed by atoms with Gasteiger partial charge in [-0.3, -0.25) is 9.78 Å². The van der Waals surface area contributed by atoms with Crippen molar-refractivity contribution < 1.29 is 13.9 Å². The highest BCUT2D eigenvalue weighted by Crippen LogP contribution is 2.44. The van der Waals surface area contributed by atoms with E-state index in [0.29, 0.717) is 54.7 Å². The van der Waals surface area contributed by atoms with E-state index in [2.05, 4.69) is 20.2 Å². The minimum absolute atomic E-state index is 0.155. The molecule has 6 rings (SSSR count). The molecule has 9 heteroatoms. The molecule has 1 saturated heterocycles. The highest BCUT2D eigenvalue weighted by atomic mass is 35.5. The number of hydrogen-bond acceptors (Lipinski definition) is 6. The van der Waals surface area contributed by atoms with Crippen molar-refractivity contribution in [1.29, 1.82) is 0 Å². The van der Waals surface area contributed by atoms with E-state index in [1.54, 1.807) is 30.7 Å². The van der Waals surface area contributed by atoms with Gasteiger partial charge in [0.25, 0.3) is 0 Å². The molecule has 2 aliphatic heterocycles. The molecule has 0 bridgehead atoms. The maximum Gasteiger partial charge on any atom is 0.249 e. The lowest BCUT2D eigenvalue weighted by atomic mass is 9.94. The van der Waals surface area contributed by atoms with Crippen LogP contribution in [0.25, 0.3) is 0 Å². The molecule has 0 aliphatic carbocycles. The lowest BCUT2D eigenvalue weighted by molar-refractivity contribution is 0.0383. The number of benzene rings is 2. The average molecular weight is 519 g/mol. The number of aromatic nitrogens is 2. The van der Waals surface area contributed by atoms with Crippen LogP contribution in [0.3, 0.4) is 0 Å². The molecule has 37 heavy (non-hydrogen) atoms. The molecule has 2 N–H and O–H groups in total. The summed E-state index contributed by atoms with van der Waals surface area (Å²) in [7, 11) is 0. The number of H-pyrrole nitrogens is 1. The number of rotatable bonds is 5. The van der Waals surface area contributed by atoms with Crippen LogP contribution in [0.2, 0.25) is 5.02 Å². The molecule has 2 aromatic carbocycles. The number of ether oxygens (including phenoxy) is 2. The fraction of sp³-hybridized carbons (Fsp3) is 0.214. The molecular formula is C28H24ClFN4O3. The predicted octanol–water partition coefficient (Wildman–Crippen LogP) is 5.45. The molecule has 0 saturated carbocycles. The first-order valence-corrected chi connectivity index (χ1v) is 12.4. The van der Waals surface area contributed by atoms with Crippen molar-refractivity contribution in [2.75, 3.05) is 29.9 Å². The number of morpholine rings is 1. The molecule has 1 atom stereocenters. The maximum absolute atomic E-state index is 15.0. The zero-order chi connectivity index (χ0) is 25.4. The summed E-state index contributed by atoms with van der Waals surface area (Å²) < 4.78 is 27.4. The Bertz CT molecular complexity index is 1530. The first kappa shape index (κ1) is 23.5. The Kier molecular flexibility index (Phi) is 6.28. The third-order valence-electron chi connectivity index (χ3n) is 6.67. The summed E-state index contributed by atoms with van der Waals surface area (Å²) in [6.07, 6.45) is 5.08. The van der Waals surface area contributed by atoms with E-state index in [0.717, 1.165) is 28.1 Å². The van der Waals surface area contributed by atoms with Gasteiger partial charge in [0.05, 0.1) is 11.6 Å². The molecule has 1 unspecified atom stereocenters. The van der Waals surface area contributed by atoms with E-state index in [1.165, 1.54) is 6.07 Å². The second-order valence-corrected chi connectivity index (χ2v) is 9.56. The standard InChI is InChI=1S/C28H24ClFN4O3/c29-19-9-17(13-31-15-19)14-33-20-1-4-25-18(10-20)11-23-24(30)3-2-22(28(23)37-25)26-16-34(7-8-36-26)21-5-6-32-27(35)12-21/h1-6,9-10,12-13,15,26,33H,7-8,11,14,16H2,(H,32,35). The Morgan fingerprint density at radius 2 is 2.08 bits per heavy atom. The molecule has 4 aromatic rings. The molecule has 2 aromatic heterocycles. The number of hydrogen-bond donors (Lipinski definition) is 2. The van der Waals surface area contributed by atoms with Crippen LogP contribution in [0.5, 0.6) is 11.5 Å². The van der Waals surface area contributed by atoms with E-state index < -0.39 is 0 Å². The lowest BCUT2D eigenvalue weighted by Crippen LogP contribution is -2.39. The summed E-state index contributed by atoms with van der Waals surface area (Å²) in [5.41, 5.74) is 4.74. The molecule has 1 fully saturated rings. The second kappa shape index (κ2) is 9.88. The fourth-order valence-electron chi connectivity index (χ4n) is 4.85. The molecule has 188 valence electrons. The third kappa shape index (κ3) is 4.90. The quantitative estimate of drug-likeness (QED) is 0.322. The maximum atomic E-state index is 15.0. The molecule has 2 aliphatic rings. The predicted molar refractivity (Wildman–Crippen MR) is 140 cm³/mol. The van der Waals surface area contributed by atoms with Gasteiger partial charge in [0.2, 0.25) is 5.56 Å². The van der Waals surface area contributed by atoms with Gasteiger partial charge in [0.15, 0.2) is 0 Å². The van der Waals surface area contributed by atoms with Crippen LogP contribution in [0.1, 0.15) is 28.4 Å². The Labute approximate surface area is 217 Å². The highest BCUT2D eigenvalue weighted by molar-refractivity contribution is 6.30. The average Bonchev–Trinajstić information content (AvgIpc) is 2.91. The fourth-order valence-corrected chi connectivity index (χ4v) is 5.04. The topological polar surface area (TPSA) is 79.5 Å². The zero-order valence-electron chi connectivity index (χ0n) is 19.8. The van der Waals surface area contributed by atoms with Crippen molar-refractivity contribution in [2.24, 2.45) is 0 Å². The van der Waals surface area contributed by atoms with Gasteiger partial charge in [-0.25, -0.2) is 4.39 Å². The normalized spacial score (nSPS) is 16.5. The molecular weight excluding hydrogens is 495 g/mol. The van der Waals surface area contributed by atoms with Crippen LogP contribution in [0.4, 0.5) is 15.8 Å². The van der Waals surface area contributed by atoms with Gasteiger partial charge in [-0.05, 0) is 48.0 Å². The first-order chi connectivity index (χ1) is 18.0. The SMILES string of the molecule is O=c1cc(N2CCOC(c3ccc(F)c4c3Oc3ccc(NCc5cncc(Cl)c5)cc3C4)C2)cc[nH]1. The Morgan fingerprint density at radius 1 is 1.16 bits per heavy atom. The summed E-state index contributed by atoms with van der Waals surface area (Å²) in [4.78, 5) is 20.7. The van der Waals surface area contributed by atoms with E-state index >= 15 is 4.39 Å². The van der Waals surface area contributed by atoms with Crippen LogP contribution in [0, 0.1) is 5.82 Å². The summed E-state index contributed by atoms with van der Waals surface area (Å²) in [5, 5.41) is 3.95. The summed E-state index contributed by atoms with van der Waals surface area (Å²) in [6, 6.07) is 14.3. The number of anilines is 2. The van der Waals surface area contributed by atoms with Crippen molar-refractivity contribution >= 4 is 23.0 Å². The highest BCUT2D eigenvalue weighted by Gasteiger charge is 2.30. The van der Waals surface area contributed by atoms with Gasteiger partial charge in [-0.1, -0.05) is 11.6 Å². The summed E-state index contributed by atoms with van der Waals surface area (Å²) >= 11 is 6.03. The number of fused-ring (bicyclic) bond motifs is 2. The number of nitrogens with one attached hydrogen (secondary N) is 2. The number of nitrogens with zero attached hydrogens (tertiary/aromatic N) is 2. The van der Waals surface area contributed by atoms with Crippen LogP contribution < -0.4 is 20.5 Å². The number of aromatic amines is 1. The molecule has 7 nitrogen and oxygen atoms in total. The monoisotopic (exact) mass is 518 g/mol. The second-order valence-electron chi connectivity index (χ2n) is 9.13. The smallest absolute Gasteiger partial charge is 0.249 e. The summed E-state index contributed by atoms with van der Waals surface area (Å²) in [6.45, 7) is 2.23. The molecule has 0 spiro atoms. The minimum Gasteiger partial charge on any atom is -0.456 e. The van der Waals surface area contributed by atoms with Gasteiger partial charge in [0, 0.05) is 78.8 Å². The van der Waals surface area contributed by atoms with Crippen LogP contribution in [-0.2, 0) is 17.7 Å². The van der Waals surface area contributed by atoms with Gasteiger partial charge < -0.3 is 24.7 Å². The Hall–Kier alpha value is -3.88. The molecule has 4 heterocycles. The molecule has 0 radical (unpaired) electrons. The van der Waals surface area contributed by atoms with E-state index in [-0.39, 0.29) is 17.5 Å². The molecule has 0 amide bonds. The number of pyridine rings is 2.